The number of Topliss-reactive ketones (excluding diaryl/α,β-unsaturated/α-hetero) is 1. The monoisotopic (exact) mass is 403 g/mol. The number of amides is 1. The molecule has 2 unspecified atom stereocenters. The van der Waals surface area contributed by atoms with Gasteiger partial charge in [0.15, 0.2) is 5.78 Å². The fraction of sp³-hybridized carbons (Fsp3) is 0.238. The largest absolute Gasteiger partial charge is 0.329 e. The molecule has 2 aliphatic rings. The van der Waals surface area contributed by atoms with Gasteiger partial charge in [0.05, 0.1) is 0 Å². The molecule has 0 saturated heterocycles. The van der Waals surface area contributed by atoms with E-state index in [0.717, 1.165) is 11.1 Å². The van der Waals surface area contributed by atoms with Gasteiger partial charge in [0.25, 0.3) is 0 Å². The van der Waals surface area contributed by atoms with Crippen LogP contribution in [-0.4, -0.2) is 11.7 Å². The lowest BCUT2D eigenvalue weighted by atomic mass is 9.73. The van der Waals surface area contributed by atoms with Crippen LogP contribution in [0.3, 0.4) is 0 Å². The second-order valence-corrected chi connectivity index (χ2v) is 7.79. The van der Waals surface area contributed by atoms with Crippen molar-refractivity contribution < 1.29 is 14.0 Å². The number of carbonyl (C=O) groups is 2. The van der Waals surface area contributed by atoms with Crippen molar-refractivity contribution in [1.29, 1.82) is 0 Å². The molecule has 0 radical (unpaired) electrons. The summed E-state index contributed by atoms with van der Waals surface area (Å²) in [6.07, 6.45) is 1.02. The van der Waals surface area contributed by atoms with Crippen LogP contribution in [-0.2, 0) is 9.59 Å². The Morgan fingerprint density at radius 2 is 1.70 bits per heavy atom. The van der Waals surface area contributed by atoms with Crippen LogP contribution in [0.25, 0.3) is 0 Å². The molecular weight excluding hydrogens is 388 g/mol. The molecule has 2 atom stereocenters. The van der Waals surface area contributed by atoms with Gasteiger partial charge in [-0.2, -0.15) is 0 Å². The summed E-state index contributed by atoms with van der Waals surface area (Å²) in [5, 5.41) is 3.82. The zero-order valence-electron chi connectivity index (χ0n) is 14.3. The molecule has 0 bridgehead atoms. The number of allylic oxidation sites excluding steroid dienone is 2. The molecule has 0 spiro atoms. The Balaban J connectivity index is 1.73. The molecule has 2 aromatic carbocycles. The number of rotatable bonds is 2. The first-order chi connectivity index (χ1) is 12.9. The smallest absolute Gasteiger partial charge is 0.225 e. The van der Waals surface area contributed by atoms with Gasteiger partial charge in [0, 0.05) is 40.1 Å². The van der Waals surface area contributed by atoms with Gasteiger partial charge < -0.3 is 5.32 Å². The third-order valence-electron chi connectivity index (χ3n) is 5.22. The fourth-order valence-electron chi connectivity index (χ4n) is 3.98. The molecule has 6 heteroatoms. The Labute approximate surface area is 166 Å². The minimum Gasteiger partial charge on any atom is -0.329 e. The second-order valence-electron chi connectivity index (χ2n) is 6.94. The van der Waals surface area contributed by atoms with Crippen LogP contribution in [0.5, 0.6) is 0 Å². The quantitative estimate of drug-likeness (QED) is 0.754. The summed E-state index contributed by atoms with van der Waals surface area (Å²) in [5.74, 6) is -0.931. The van der Waals surface area contributed by atoms with Gasteiger partial charge in [-0.15, -0.1) is 0 Å². The van der Waals surface area contributed by atoms with E-state index in [1.54, 1.807) is 30.3 Å². The van der Waals surface area contributed by atoms with E-state index >= 15 is 0 Å². The van der Waals surface area contributed by atoms with E-state index in [-0.39, 0.29) is 35.8 Å². The van der Waals surface area contributed by atoms with Gasteiger partial charge in [-0.25, -0.2) is 4.39 Å². The normalized spacial score (nSPS) is 22.5. The van der Waals surface area contributed by atoms with Crippen LogP contribution in [0.1, 0.15) is 42.2 Å². The molecule has 0 aromatic heterocycles. The van der Waals surface area contributed by atoms with Gasteiger partial charge in [-0.1, -0.05) is 41.4 Å². The highest BCUT2D eigenvalue weighted by molar-refractivity contribution is 6.35. The van der Waals surface area contributed by atoms with Gasteiger partial charge >= 0.3 is 0 Å². The molecule has 1 heterocycles. The number of ketones is 1. The lowest BCUT2D eigenvalue weighted by Crippen LogP contribution is -2.38. The fourth-order valence-corrected chi connectivity index (χ4v) is 4.52. The lowest BCUT2D eigenvalue weighted by Gasteiger charge is -2.34. The molecule has 138 valence electrons. The van der Waals surface area contributed by atoms with Gasteiger partial charge in [-0.3, -0.25) is 9.59 Å². The van der Waals surface area contributed by atoms with E-state index in [2.05, 4.69) is 5.32 Å². The van der Waals surface area contributed by atoms with E-state index < -0.39 is 0 Å². The summed E-state index contributed by atoms with van der Waals surface area (Å²) >= 11 is 12.3. The molecule has 1 aliphatic carbocycles. The Morgan fingerprint density at radius 3 is 2.41 bits per heavy atom. The molecule has 1 N–H and O–H groups in total. The van der Waals surface area contributed by atoms with Crippen molar-refractivity contribution in [3.05, 3.63) is 80.7 Å². The second kappa shape index (κ2) is 7.10. The Hall–Kier alpha value is -2.17. The number of halogens is 3. The lowest BCUT2D eigenvalue weighted by molar-refractivity contribution is -0.122. The number of benzene rings is 2. The SMILES string of the molecule is O=C1CC(c2ccc(Cl)cc2Cl)C2=C(CC(c3ccc(F)cc3)CC2=O)N1. The maximum absolute atomic E-state index is 13.2. The summed E-state index contributed by atoms with van der Waals surface area (Å²) in [6.45, 7) is 0. The zero-order chi connectivity index (χ0) is 19.1. The summed E-state index contributed by atoms with van der Waals surface area (Å²) in [7, 11) is 0. The maximum Gasteiger partial charge on any atom is 0.225 e. The standard InChI is InChI=1S/C21H16Cl2FNO2/c22-13-3-6-15(17(23)9-13)16-10-20(27)25-18-7-12(8-19(26)21(16)18)11-1-4-14(24)5-2-11/h1-6,9,12,16H,7-8,10H2,(H,25,27). The van der Waals surface area contributed by atoms with Crippen molar-refractivity contribution in [2.45, 2.75) is 31.1 Å². The first-order valence-corrected chi connectivity index (χ1v) is 9.44. The van der Waals surface area contributed by atoms with Crippen molar-refractivity contribution in [1.82, 2.24) is 5.32 Å². The minimum absolute atomic E-state index is 0.0124. The third-order valence-corrected chi connectivity index (χ3v) is 5.78. The molecule has 0 saturated carbocycles. The number of carbonyl (C=O) groups excluding carboxylic acids is 2. The van der Waals surface area contributed by atoms with E-state index in [1.165, 1.54) is 12.1 Å². The number of nitrogens with one attached hydrogen (secondary N) is 1. The molecule has 4 rings (SSSR count). The zero-order valence-corrected chi connectivity index (χ0v) is 15.8. The molecule has 0 fully saturated rings. The summed E-state index contributed by atoms with van der Waals surface area (Å²) < 4.78 is 13.2. The molecule has 1 amide bonds. The topological polar surface area (TPSA) is 46.2 Å². The van der Waals surface area contributed by atoms with Crippen molar-refractivity contribution in [3.8, 4) is 0 Å². The average molecular weight is 404 g/mol. The van der Waals surface area contributed by atoms with Crippen LogP contribution < -0.4 is 5.32 Å². The molecule has 27 heavy (non-hydrogen) atoms. The highest BCUT2D eigenvalue weighted by Gasteiger charge is 2.38. The summed E-state index contributed by atoms with van der Waals surface area (Å²) in [4.78, 5) is 25.3. The van der Waals surface area contributed by atoms with Gasteiger partial charge in [0.2, 0.25) is 5.91 Å². The van der Waals surface area contributed by atoms with Crippen molar-refractivity contribution >= 4 is 34.9 Å². The Kier molecular flexibility index (Phi) is 4.79. The van der Waals surface area contributed by atoms with E-state index in [9.17, 15) is 14.0 Å². The molecular formula is C21H16Cl2FNO2. The van der Waals surface area contributed by atoms with Crippen molar-refractivity contribution in [3.63, 3.8) is 0 Å². The van der Waals surface area contributed by atoms with E-state index in [4.69, 9.17) is 23.2 Å². The van der Waals surface area contributed by atoms with Gasteiger partial charge in [0.1, 0.15) is 5.82 Å². The van der Waals surface area contributed by atoms with E-state index in [0.29, 0.717) is 34.2 Å². The van der Waals surface area contributed by atoms with Crippen molar-refractivity contribution in [2.24, 2.45) is 0 Å². The first-order valence-electron chi connectivity index (χ1n) is 8.69. The predicted octanol–water partition coefficient (Wildman–Crippen LogP) is 5.14. The van der Waals surface area contributed by atoms with E-state index in [1.807, 2.05) is 0 Å². The van der Waals surface area contributed by atoms with Gasteiger partial charge in [-0.05, 0) is 47.7 Å². The third kappa shape index (κ3) is 3.52. The summed E-state index contributed by atoms with van der Waals surface area (Å²) in [6, 6.07) is 11.3. The van der Waals surface area contributed by atoms with Crippen LogP contribution in [0.4, 0.5) is 4.39 Å². The molecule has 2 aromatic rings. The highest BCUT2D eigenvalue weighted by atomic mass is 35.5. The van der Waals surface area contributed by atoms with Crippen LogP contribution >= 0.6 is 23.2 Å². The first kappa shape index (κ1) is 18.2. The molecule has 3 nitrogen and oxygen atoms in total. The highest BCUT2D eigenvalue weighted by Crippen LogP contribution is 2.44. The average Bonchev–Trinajstić information content (AvgIpc) is 2.61. The number of hydrogen-bond acceptors (Lipinski definition) is 2. The Bertz CT molecular complexity index is 969. The van der Waals surface area contributed by atoms with Crippen LogP contribution in [0, 0.1) is 5.82 Å². The number of hydrogen-bond donors (Lipinski definition) is 1. The predicted molar refractivity (Wildman–Crippen MR) is 102 cm³/mol. The Morgan fingerprint density at radius 1 is 0.963 bits per heavy atom. The molecule has 1 aliphatic heterocycles. The summed E-state index contributed by atoms with van der Waals surface area (Å²) in [5.41, 5.74) is 2.89. The maximum atomic E-state index is 13.2. The van der Waals surface area contributed by atoms with Crippen LogP contribution in [0.2, 0.25) is 10.0 Å². The minimum atomic E-state index is -0.375. The van der Waals surface area contributed by atoms with Crippen LogP contribution in [0.15, 0.2) is 53.7 Å². The van der Waals surface area contributed by atoms with Crippen molar-refractivity contribution in [2.75, 3.05) is 0 Å².